The highest BCUT2D eigenvalue weighted by Gasteiger charge is 2.32. The number of alkyl halides is 3. The molecule has 0 aliphatic heterocycles. The number of halogens is 4. The standard InChI is InChI=1S/C9H9ClF3N5O/c10-5-3-4(17-8(16)18-7(14)15)1-2-6(5)19-9(11,12)13/h1-3H,(H6,14,15,16,17,18). The highest BCUT2D eigenvalue weighted by Crippen LogP contribution is 2.32. The van der Waals surface area contributed by atoms with Crippen LogP contribution in [-0.4, -0.2) is 18.3 Å². The average molecular weight is 296 g/mol. The maximum Gasteiger partial charge on any atom is 0.573 e. The summed E-state index contributed by atoms with van der Waals surface area (Å²) in [5.41, 5.74) is 15.6. The van der Waals surface area contributed by atoms with E-state index in [4.69, 9.17) is 28.8 Å². The molecule has 0 radical (unpaired) electrons. The molecule has 0 heterocycles. The molecule has 0 aliphatic rings. The average Bonchev–Trinajstić information content (AvgIpc) is 2.19. The third-order valence-electron chi connectivity index (χ3n) is 1.63. The zero-order valence-corrected chi connectivity index (χ0v) is 10.0. The molecule has 0 saturated carbocycles. The summed E-state index contributed by atoms with van der Waals surface area (Å²) >= 11 is 5.60. The lowest BCUT2D eigenvalue weighted by molar-refractivity contribution is -0.274. The number of rotatable bonds is 2. The second-order valence-electron chi connectivity index (χ2n) is 3.17. The van der Waals surface area contributed by atoms with Gasteiger partial charge in [0.15, 0.2) is 5.96 Å². The van der Waals surface area contributed by atoms with Gasteiger partial charge in [-0.2, -0.15) is 4.99 Å². The van der Waals surface area contributed by atoms with Gasteiger partial charge in [0.1, 0.15) is 5.75 Å². The van der Waals surface area contributed by atoms with E-state index in [9.17, 15) is 13.2 Å². The fraction of sp³-hybridized carbons (Fsp3) is 0.111. The molecule has 0 unspecified atom stereocenters. The molecule has 104 valence electrons. The Morgan fingerprint density at radius 3 is 2.32 bits per heavy atom. The van der Waals surface area contributed by atoms with E-state index in [2.05, 4.69) is 14.7 Å². The quantitative estimate of drug-likeness (QED) is 0.566. The highest BCUT2D eigenvalue weighted by atomic mass is 35.5. The minimum absolute atomic E-state index is 0.169. The van der Waals surface area contributed by atoms with E-state index in [1.807, 2.05) is 0 Å². The molecule has 6 nitrogen and oxygen atoms in total. The molecule has 1 rings (SSSR count). The van der Waals surface area contributed by atoms with Crippen molar-refractivity contribution in [2.24, 2.45) is 27.2 Å². The van der Waals surface area contributed by atoms with Gasteiger partial charge in [-0.1, -0.05) is 11.6 Å². The van der Waals surface area contributed by atoms with Crippen LogP contribution in [0.3, 0.4) is 0 Å². The third kappa shape index (κ3) is 5.34. The molecule has 6 N–H and O–H groups in total. The zero-order chi connectivity index (χ0) is 14.6. The largest absolute Gasteiger partial charge is 0.573 e. The molecule has 0 atom stereocenters. The van der Waals surface area contributed by atoms with Gasteiger partial charge >= 0.3 is 6.36 Å². The Hall–Kier alpha value is -2.16. The number of hydrogen-bond donors (Lipinski definition) is 3. The van der Waals surface area contributed by atoms with Gasteiger partial charge in [0.05, 0.1) is 10.7 Å². The molecular formula is C9H9ClF3N5O. The van der Waals surface area contributed by atoms with Crippen molar-refractivity contribution in [1.82, 2.24) is 0 Å². The fourth-order valence-corrected chi connectivity index (χ4v) is 1.27. The summed E-state index contributed by atoms with van der Waals surface area (Å²) in [7, 11) is 0. The smallest absolute Gasteiger partial charge is 0.404 e. The molecule has 0 spiro atoms. The number of guanidine groups is 2. The minimum atomic E-state index is -4.83. The van der Waals surface area contributed by atoms with Gasteiger partial charge in [0.2, 0.25) is 5.96 Å². The van der Waals surface area contributed by atoms with Crippen molar-refractivity contribution < 1.29 is 17.9 Å². The summed E-state index contributed by atoms with van der Waals surface area (Å²) in [5, 5.41) is -0.281. The van der Waals surface area contributed by atoms with Crippen LogP contribution in [0.2, 0.25) is 5.02 Å². The predicted octanol–water partition coefficient (Wildman–Crippen LogP) is 1.46. The molecule has 1 aromatic carbocycles. The van der Waals surface area contributed by atoms with E-state index in [1.54, 1.807) is 0 Å². The van der Waals surface area contributed by atoms with Crippen molar-refractivity contribution in [3.63, 3.8) is 0 Å². The number of ether oxygens (including phenoxy) is 1. The molecule has 1 aromatic rings. The number of aliphatic imine (C=N–C) groups is 2. The van der Waals surface area contributed by atoms with Crippen LogP contribution in [0.1, 0.15) is 0 Å². The van der Waals surface area contributed by atoms with Crippen molar-refractivity contribution in [3.05, 3.63) is 23.2 Å². The van der Waals surface area contributed by atoms with E-state index in [0.717, 1.165) is 12.1 Å². The van der Waals surface area contributed by atoms with Gasteiger partial charge in [-0.05, 0) is 18.2 Å². The first-order chi connectivity index (χ1) is 8.67. The first kappa shape index (κ1) is 14.9. The Morgan fingerprint density at radius 2 is 1.84 bits per heavy atom. The maximum absolute atomic E-state index is 12.0. The normalized spacial score (nSPS) is 12.1. The predicted molar refractivity (Wildman–Crippen MR) is 65.2 cm³/mol. The Labute approximate surface area is 110 Å². The summed E-state index contributed by atoms with van der Waals surface area (Å²) in [6.45, 7) is 0. The van der Waals surface area contributed by atoms with E-state index in [-0.39, 0.29) is 22.6 Å². The van der Waals surface area contributed by atoms with Crippen LogP contribution >= 0.6 is 11.6 Å². The number of nitrogens with zero attached hydrogens (tertiary/aromatic N) is 2. The molecule has 0 amide bonds. The van der Waals surface area contributed by atoms with Gasteiger partial charge in [-0.3, -0.25) is 0 Å². The Kier molecular flexibility index (Phi) is 4.43. The molecule has 0 aliphatic carbocycles. The van der Waals surface area contributed by atoms with Crippen molar-refractivity contribution in [2.75, 3.05) is 0 Å². The van der Waals surface area contributed by atoms with Gasteiger partial charge in [-0.15, -0.1) is 13.2 Å². The van der Waals surface area contributed by atoms with Crippen LogP contribution in [0.5, 0.6) is 5.75 Å². The van der Waals surface area contributed by atoms with Gasteiger partial charge in [-0.25, -0.2) is 4.99 Å². The van der Waals surface area contributed by atoms with Crippen LogP contribution in [0.25, 0.3) is 0 Å². The van der Waals surface area contributed by atoms with E-state index in [0.29, 0.717) is 0 Å². The lowest BCUT2D eigenvalue weighted by Crippen LogP contribution is -2.26. The first-order valence-corrected chi connectivity index (χ1v) is 5.04. The molecule has 0 bridgehead atoms. The third-order valence-corrected chi connectivity index (χ3v) is 1.92. The summed E-state index contributed by atoms with van der Waals surface area (Å²) in [6, 6.07) is 3.33. The van der Waals surface area contributed by atoms with E-state index in [1.165, 1.54) is 6.07 Å². The van der Waals surface area contributed by atoms with Crippen molar-refractivity contribution in [3.8, 4) is 5.75 Å². The van der Waals surface area contributed by atoms with E-state index >= 15 is 0 Å². The SMILES string of the molecule is NC(N)=NC(N)=Nc1ccc(OC(F)(F)F)c(Cl)c1. The summed E-state index contributed by atoms with van der Waals surface area (Å²) in [6.07, 6.45) is -4.83. The van der Waals surface area contributed by atoms with Crippen LogP contribution in [-0.2, 0) is 0 Å². The second-order valence-corrected chi connectivity index (χ2v) is 3.58. The molecule has 0 saturated heterocycles. The number of nitrogens with two attached hydrogens (primary N) is 3. The second kappa shape index (κ2) is 5.65. The van der Waals surface area contributed by atoms with Crippen LogP contribution in [0.4, 0.5) is 18.9 Å². The summed E-state index contributed by atoms with van der Waals surface area (Å²) in [4.78, 5) is 7.15. The van der Waals surface area contributed by atoms with Crippen molar-refractivity contribution in [2.45, 2.75) is 6.36 Å². The first-order valence-electron chi connectivity index (χ1n) is 4.66. The van der Waals surface area contributed by atoms with Gasteiger partial charge in [0.25, 0.3) is 0 Å². The van der Waals surface area contributed by atoms with Gasteiger partial charge in [0, 0.05) is 0 Å². The lowest BCUT2D eigenvalue weighted by Gasteiger charge is -2.10. The lowest BCUT2D eigenvalue weighted by atomic mass is 10.3. The highest BCUT2D eigenvalue weighted by molar-refractivity contribution is 6.32. The summed E-state index contributed by atoms with van der Waals surface area (Å²) in [5.74, 6) is -1.11. The van der Waals surface area contributed by atoms with Crippen molar-refractivity contribution >= 4 is 29.2 Å². The Bertz CT molecular complexity index is 525. The number of hydrogen-bond acceptors (Lipinski definition) is 2. The Morgan fingerprint density at radius 1 is 1.21 bits per heavy atom. The minimum Gasteiger partial charge on any atom is -0.404 e. The molecule has 0 aromatic heterocycles. The van der Waals surface area contributed by atoms with Crippen molar-refractivity contribution in [1.29, 1.82) is 0 Å². The Balaban J connectivity index is 2.97. The fourth-order valence-electron chi connectivity index (χ4n) is 1.06. The molecule has 0 fully saturated rings. The van der Waals surface area contributed by atoms with Crippen LogP contribution in [0, 0.1) is 0 Å². The molecule has 19 heavy (non-hydrogen) atoms. The molecular weight excluding hydrogens is 287 g/mol. The monoisotopic (exact) mass is 295 g/mol. The summed E-state index contributed by atoms with van der Waals surface area (Å²) < 4.78 is 39.7. The number of benzene rings is 1. The molecule has 10 heteroatoms. The van der Waals surface area contributed by atoms with Crippen LogP contribution < -0.4 is 21.9 Å². The topological polar surface area (TPSA) is 112 Å². The van der Waals surface area contributed by atoms with Gasteiger partial charge < -0.3 is 21.9 Å². The van der Waals surface area contributed by atoms with E-state index < -0.39 is 12.1 Å². The maximum atomic E-state index is 12.0. The van der Waals surface area contributed by atoms with Crippen LogP contribution in [0.15, 0.2) is 28.2 Å². The zero-order valence-electron chi connectivity index (χ0n) is 9.28.